The molecular formula is C14H16N4O2. The van der Waals surface area contributed by atoms with Crippen molar-refractivity contribution < 1.29 is 9.59 Å². The molecule has 5 N–H and O–H groups in total. The summed E-state index contributed by atoms with van der Waals surface area (Å²) in [5.41, 5.74) is 13.3. The highest BCUT2D eigenvalue weighted by molar-refractivity contribution is 6.02. The van der Waals surface area contributed by atoms with Gasteiger partial charge in [0.15, 0.2) is 0 Å². The van der Waals surface area contributed by atoms with Crippen LogP contribution in [0.1, 0.15) is 25.5 Å². The molecule has 0 bridgehead atoms. The van der Waals surface area contributed by atoms with Crippen LogP contribution in [-0.2, 0) is 9.59 Å². The second kappa shape index (κ2) is 5.16. The molecular weight excluding hydrogens is 256 g/mol. The van der Waals surface area contributed by atoms with Crippen LogP contribution in [0.15, 0.2) is 46.9 Å². The number of nitrogens with zero attached hydrogens (tertiary/aromatic N) is 1. The molecule has 0 unspecified atom stereocenters. The Morgan fingerprint density at radius 3 is 2.05 bits per heavy atom. The van der Waals surface area contributed by atoms with Gasteiger partial charge in [0.05, 0.1) is 11.6 Å². The van der Waals surface area contributed by atoms with E-state index in [1.54, 1.807) is 38.2 Å². The quantitative estimate of drug-likeness (QED) is 0.734. The summed E-state index contributed by atoms with van der Waals surface area (Å²) in [5.74, 6) is -1.83. The van der Waals surface area contributed by atoms with Crippen LogP contribution in [0, 0.1) is 0 Å². The van der Waals surface area contributed by atoms with E-state index in [-0.39, 0.29) is 0 Å². The number of hydrogen-bond donors (Lipinski definition) is 3. The molecule has 20 heavy (non-hydrogen) atoms. The number of hydrogen-bond acceptors (Lipinski definition) is 4. The zero-order valence-corrected chi connectivity index (χ0v) is 11.3. The lowest BCUT2D eigenvalue weighted by atomic mass is 9.82. The molecule has 104 valence electrons. The molecule has 1 aliphatic heterocycles. The van der Waals surface area contributed by atoms with Gasteiger partial charge in [-0.3, -0.25) is 14.6 Å². The largest absolute Gasteiger partial charge is 0.366 e. The number of pyridine rings is 1. The van der Waals surface area contributed by atoms with Gasteiger partial charge >= 0.3 is 0 Å². The maximum atomic E-state index is 11.7. The summed E-state index contributed by atoms with van der Waals surface area (Å²) in [6.45, 7) is 3.47. The second-order valence-electron chi connectivity index (χ2n) is 4.62. The molecule has 0 saturated heterocycles. The van der Waals surface area contributed by atoms with Gasteiger partial charge in [-0.1, -0.05) is 6.07 Å². The predicted octanol–water partition coefficient (Wildman–Crippen LogP) is 0.287. The lowest BCUT2D eigenvalue weighted by molar-refractivity contribution is -0.115. The lowest BCUT2D eigenvalue weighted by Crippen LogP contribution is -2.35. The summed E-state index contributed by atoms with van der Waals surface area (Å²) in [4.78, 5) is 27.7. The molecule has 0 saturated carbocycles. The van der Waals surface area contributed by atoms with E-state index in [2.05, 4.69) is 10.3 Å². The van der Waals surface area contributed by atoms with E-state index in [0.717, 1.165) is 0 Å². The minimum Gasteiger partial charge on any atom is -0.366 e. The van der Waals surface area contributed by atoms with Crippen molar-refractivity contribution in [2.75, 3.05) is 0 Å². The zero-order chi connectivity index (χ0) is 14.9. The average Bonchev–Trinajstić information content (AvgIpc) is 2.37. The number of aromatic nitrogens is 1. The average molecular weight is 272 g/mol. The highest BCUT2D eigenvalue weighted by Gasteiger charge is 2.35. The fraction of sp³-hybridized carbons (Fsp3) is 0.214. The van der Waals surface area contributed by atoms with Gasteiger partial charge in [-0.15, -0.1) is 0 Å². The predicted molar refractivity (Wildman–Crippen MR) is 73.9 cm³/mol. The van der Waals surface area contributed by atoms with E-state index in [4.69, 9.17) is 11.5 Å². The number of nitrogens with two attached hydrogens (primary N) is 2. The smallest absolute Gasteiger partial charge is 0.247 e. The Morgan fingerprint density at radius 1 is 1.10 bits per heavy atom. The first kappa shape index (κ1) is 13.8. The highest BCUT2D eigenvalue weighted by Crippen LogP contribution is 2.36. The van der Waals surface area contributed by atoms with E-state index in [1.807, 2.05) is 0 Å². The number of dihydropyridines is 1. The molecule has 0 radical (unpaired) electrons. The molecule has 0 fully saturated rings. The first-order valence-corrected chi connectivity index (χ1v) is 6.12. The normalized spacial score (nSPS) is 16.1. The Labute approximate surface area is 116 Å². The molecule has 0 aromatic carbocycles. The molecule has 0 spiro atoms. The van der Waals surface area contributed by atoms with Crippen molar-refractivity contribution in [2.45, 2.75) is 19.8 Å². The van der Waals surface area contributed by atoms with Crippen molar-refractivity contribution in [2.24, 2.45) is 11.5 Å². The van der Waals surface area contributed by atoms with Crippen molar-refractivity contribution in [3.8, 4) is 0 Å². The van der Waals surface area contributed by atoms with Crippen LogP contribution < -0.4 is 16.8 Å². The number of nitrogens with one attached hydrogen (secondary N) is 1. The van der Waals surface area contributed by atoms with Crippen LogP contribution in [0.2, 0.25) is 0 Å². The third-order valence-electron chi connectivity index (χ3n) is 3.27. The standard InChI is InChI=1S/C14H16N4O2/c1-7-10(13(15)19)12(9-5-3-4-6-17-9)11(14(16)20)8(2)18-7/h3-6,12,18H,1-2H3,(H2,15,19)(H2,16,20). The summed E-state index contributed by atoms with van der Waals surface area (Å²) in [6, 6.07) is 5.28. The third kappa shape index (κ3) is 2.27. The maximum Gasteiger partial charge on any atom is 0.247 e. The SMILES string of the molecule is CC1=C(C(N)=O)C(c2ccccn2)C(C(N)=O)=C(C)N1. The van der Waals surface area contributed by atoms with Gasteiger partial charge in [0.2, 0.25) is 11.8 Å². The Kier molecular flexibility index (Phi) is 3.56. The molecule has 2 heterocycles. The number of carbonyl (C=O) groups excluding carboxylic acids is 2. The third-order valence-corrected chi connectivity index (χ3v) is 3.27. The minimum atomic E-state index is -0.632. The Morgan fingerprint density at radius 2 is 1.65 bits per heavy atom. The number of carbonyl (C=O) groups is 2. The number of amides is 2. The number of allylic oxidation sites excluding steroid dienone is 2. The zero-order valence-electron chi connectivity index (χ0n) is 11.3. The molecule has 1 aromatic heterocycles. The van der Waals surface area contributed by atoms with Gasteiger partial charge in [-0.2, -0.15) is 0 Å². The van der Waals surface area contributed by atoms with Gasteiger partial charge < -0.3 is 16.8 Å². The first-order valence-electron chi connectivity index (χ1n) is 6.12. The summed E-state index contributed by atoms with van der Waals surface area (Å²) in [6.07, 6.45) is 1.60. The van der Waals surface area contributed by atoms with Gasteiger partial charge in [0.1, 0.15) is 0 Å². The molecule has 1 aromatic rings. The minimum absolute atomic E-state index is 0.308. The van der Waals surface area contributed by atoms with Crippen LogP contribution in [0.3, 0.4) is 0 Å². The Balaban J connectivity index is 2.67. The van der Waals surface area contributed by atoms with E-state index >= 15 is 0 Å². The fourth-order valence-corrected chi connectivity index (χ4v) is 2.49. The van der Waals surface area contributed by atoms with Gasteiger partial charge in [-0.25, -0.2) is 0 Å². The number of rotatable bonds is 3. The van der Waals surface area contributed by atoms with Crippen LogP contribution in [0.5, 0.6) is 0 Å². The van der Waals surface area contributed by atoms with Crippen LogP contribution in [0.4, 0.5) is 0 Å². The van der Waals surface area contributed by atoms with Crippen LogP contribution >= 0.6 is 0 Å². The van der Waals surface area contributed by atoms with Crippen LogP contribution in [0.25, 0.3) is 0 Å². The van der Waals surface area contributed by atoms with Crippen molar-refractivity contribution >= 4 is 11.8 Å². The van der Waals surface area contributed by atoms with Crippen molar-refractivity contribution in [1.29, 1.82) is 0 Å². The summed E-state index contributed by atoms with van der Waals surface area (Å²) in [5, 5.41) is 2.97. The Bertz CT molecular complexity index is 596. The second-order valence-corrected chi connectivity index (χ2v) is 4.62. The molecule has 2 rings (SSSR count). The molecule has 1 aliphatic rings. The van der Waals surface area contributed by atoms with Gasteiger partial charge in [0, 0.05) is 28.7 Å². The lowest BCUT2D eigenvalue weighted by Gasteiger charge is -2.29. The van der Waals surface area contributed by atoms with Crippen LogP contribution in [-0.4, -0.2) is 16.8 Å². The topological polar surface area (TPSA) is 111 Å². The summed E-state index contributed by atoms with van der Waals surface area (Å²) in [7, 11) is 0. The van der Waals surface area contributed by atoms with E-state index in [1.165, 1.54) is 0 Å². The number of primary amides is 2. The highest BCUT2D eigenvalue weighted by atomic mass is 16.1. The van der Waals surface area contributed by atoms with Gasteiger partial charge in [0.25, 0.3) is 0 Å². The fourth-order valence-electron chi connectivity index (χ4n) is 2.49. The monoisotopic (exact) mass is 272 g/mol. The van der Waals surface area contributed by atoms with Gasteiger partial charge in [-0.05, 0) is 26.0 Å². The van der Waals surface area contributed by atoms with Crippen molar-refractivity contribution in [1.82, 2.24) is 10.3 Å². The summed E-state index contributed by atoms with van der Waals surface area (Å²) < 4.78 is 0. The molecule has 0 aliphatic carbocycles. The summed E-state index contributed by atoms with van der Waals surface area (Å²) >= 11 is 0. The van der Waals surface area contributed by atoms with E-state index < -0.39 is 17.7 Å². The van der Waals surface area contributed by atoms with E-state index in [0.29, 0.717) is 28.2 Å². The first-order chi connectivity index (χ1) is 9.43. The Hall–Kier alpha value is -2.63. The van der Waals surface area contributed by atoms with Crippen molar-refractivity contribution in [3.05, 3.63) is 52.6 Å². The molecule has 0 atom stereocenters. The molecule has 2 amide bonds. The van der Waals surface area contributed by atoms with E-state index in [9.17, 15) is 9.59 Å². The molecule has 6 heteroatoms. The van der Waals surface area contributed by atoms with Crippen molar-refractivity contribution in [3.63, 3.8) is 0 Å². The maximum absolute atomic E-state index is 11.7. The molecule has 6 nitrogen and oxygen atoms in total.